The normalized spacial score (nSPS) is 12.5. The molecule has 0 atom stereocenters. The zero-order valence-corrected chi connectivity index (χ0v) is 19.3. The lowest BCUT2D eigenvalue weighted by atomic mass is 10.0. The highest BCUT2D eigenvalue weighted by molar-refractivity contribution is 7.99. The van der Waals surface area contributed by atoms with E-state index in [-0.39, 0.29) is 18.5 Å². The van der Waals surface area contributed by atoms with Gasteiger partial charge in [-0.15, -0.1) is 10.2 Å². The SMILES string of the molecule is Cc1ccc(C)c(-c2cc3c4nnc(SCC(=O)Nc5ccc6c(c5)OCO6)n4ccn3n2)c1. The molecule has 0 unspecified atom stereocenters. The lowest BCUT2D eigenvalue weighted by Gasteiger charge is -2.05. The van der Waals surface area contributed by atoms with E-state index in [2.05, 4.69) is 47.6 Å². The number of hydrogen-bond donors (Lipinski definition) is 1. The molecular formula is C24H20N6O3S. The number of rotatable bonds is 5. The van der Waals surface area contributed by atoms with Crippen molar-refractivity contribution in [2.75, 3.05) is 17.9 Å². The minimum atomic E-state index is -0.150. The van der Waals surface area contributed by atoms with Gasteiger partial charge in [0, 0.05) is 29.7 Å². The molecule has 1 N–H and O–H groups in total. The topological polar surface area (TPSA) is 95.0 Å². The summed E-state index contributed by atoms with van der Waals surface area (Å²) in [6, 6.07) is 13.7. The number of hydrogen-bond acceptors (Lipinski definition) is 7. The molecule has 34 heavy (non-hydrogen) atoms. The van der Waals surface area contributed by atoms with Gasteiger partial charge in [0.15, 0.2) is 22.3 Å². The van der Waals surface area contributed by atoms with Crippen molar-refractivity contribution in [3.05, 3.63) is 66.0 Å². The van der Waals surface area contributed by atoms with Crippen LogP contribution in [0.1, 0.15) is 11.1 Å². The number of aryl methyl sites for hydroxylation is 2. The Balaban J connectivity index is 1.22. The molecule has 170 valence electrons. The number of aromatic nitrogens is 5. The molecule has 0 saturated carbocycles. The van der Waals surface area contributed by atoms with Crippen LogP contribution in [-0.4, -0.2) is 42.7 Å². The van der Waals surface area contributed by atoms with Crippen molar-refractivity contribution in [2.24, 2.45) is 0 Å². The second kappa shape index (κ2) is 8.07. The first-order valence-electron chi connectivity index (χ1n) is 10.7. The molecule has 0 saturated heterocycles. The molecule has 0 bridgehead atoms. The fraction of sp³-hybridized carbons (Fsp3) is 0.167. The quantitative estimate of drug-likeness (QED) is 0.385. The van der Waals surface area contributed by atoms with Crippen molar-refractivity contribution in [1.29, 1.82) is 0 Å². The first kappa shape index (κ1) is 20.5. The predicted octanol–water partition coefficient (Wildman–Crippen LogP) is 4.12. The van der Waals surface area contributed by atoms with Gasteiger partial charge in [0.25, 0.3) is 0 Å². The van der Waals surface area contributed by atoms with Gasteiger partial charge in [-0.05, 0) is 43.7 Å². The van der Waals surface area contributed by atoms with Crippen molar-refractivity contribution < 1.29 is 14.3 Å². The average molecular weight is 473 g/mol. The standard InChI is InChI=1S/C24H20N6O3S/c1-14-3-4-15(2)17(9-14)18-11-19-23-26-27-24(29(23)7-8-30(19)28-18)34-12-22(31)25-16-5-6-20-21(10-16)33-13-32-20/h3-11H,12-13H2,1-2H3,(H,25,31). The highest BCUT2D eigenvalue weighted by atomic mass is 32.2. The van der Waals surface area contributed by atoms with Crippen LogP contribution in [0.4, 0.5) is 5.69 Å². The third kappa shape index (κ3) is 3.61. The molecule has 2 aromatic carbocycles. The van der Waals surface area contributed by atoms with Gasteiger partial charge in [0.1, 0.15) is 5.52 Å². The maximum atomic E-state index is 12.5. The average Bonchev–Trinajstić information content (AvgIpc) is 3.56. The maximum absolute atomic E-state index is 12.5. The van der Waals surface area contributed by atoms with E-state index in [1.807, 2.05) is 27.4 Å². The fourth-order valence-corrected chi connectivity index (χ4v) is 4.65. The number of anilines is 1. The van der Waals surface area contributed by atoms with Crippen LogP contribution in [0, 0.1) is 13.8 Å². The third-order valence-electron chi connectivity index (χ3n) is 5.64. The van der Waals surface area contributed by atoms with Crippen molar-refractivity contribution in [3.63, 3.8) is 0 Å². The molecule has 0 aliphatic carbocycles. The minimum absolute atomic E-state index is 0.150. The summed E-state index contributed by atoms with van der Waals surface area (Å²) >= 11 is 1.32. The molecule has 0 fully saturated rings. The van der Waals surface area contributed by atoms with E-state index in [1.165, 1.54) is 17.3 Å². The zero-order valence-electron chi connectivity index (χ0n) is 18.5. The van der Waals surface area contributed by atoms with E-state index in [9.17, 15) is 4.79 Å². The summed E-state index contributed by atoms with van der Waals surface area (Å²) in [7, 11) is 0. The van der Waals surface area contributed by atoms with Crippen molar-refractivity contribution in [3.8, 4) is 22.8 Å². The number of carbonyl (C=O) groups is 1. The lowest BCUT2D eigenvalue weighted by molar-refractivity contribution is -0.113. The summed E-state index contributed by atoms with van der Waals surface area (Å²) in [5.41, 5.74) is 6.51. The molecule has 9 nitrogen and oxygen atoms in total. The number of thioether (sulfide) groups is 1. The molecule has 1 amide bonds. The Morgan fingerprint density at radius 2 is 1.94 bits per heavy atom. The van der Waals surface area contributed by atoms with E-state index in [4.69, 9.17) is 14.6 Å². The van der Waals surface area contributed by atoms with Crippen molar-refractivity contribution in [2.45, 2.75) is 19.0 Å². The van der Waals surface area contributed by atoms with Gasteiger partial charge in [-0.25, -0.2) is 4.52 Å². The van der Waals surface area contributed by atoms with Crippen LogP contribution in [-0.2, 0) is 4.79 Å². The van der Waals surface area contributed by atoms with Crippen molar-refractivity contribution >= 4 is 34.5 Å². The smallest absolute Gasteiger partial charge is 0.234 e. The molecule has 5 aromatic rings. The Morgan fingerprint density at radius 1 is 1.06 bits per heavy atom. The molecule has 1 aliphatic heterocycles. The Hall–Kier alpha value is -4.05. The summed E-state index contributed by atoms with van der Waals surface area (Å²) in [5.74, 6) is 1.34. The molecule has 0 radical (unpaired) electrons. The van der Waals surface area contributed by atoms with E-state index in [0.717, 1.165) is 22.3 Å². The number of ether oxygens (including phenoxy) is 2. The third-order valence-corrected chi connectivity index (χ3v) is 6.59. The number of benzene rings is 2. The number of carbonyl (C=O) groups excluding carboxylic acids is 1. The Kier molecular flexibility index (Phi) is 4.88. The summed E-state index contributed by atoms with van der Waals surface area (Å²) in [4.78, 5) is 12.5. The van der Waals surface area contributed by atoms with Crippen LogP contribution in [0.15, 0.2) is 60.0 Å². The summed E-state index contributed by atoms with van der Waals surface area (Å²) in [6.45, 7) is 4.34. The molecule has 1 aliphatic rings. The molecule has 0 spiro atoms. The van der Waals surface area contributed by atoms with Gasteiger partial charge >= 0.3 is 0 Å². The van der Waals surface area contributed by atoms with Gasteiger partial charge in [-0.3, -0.25) is 9.20 Å². The monoisotopic (exact) mass is 472 g/mol. The zero-order chi connectivity index (χ0) is 23.2. The number of nitrogens with zero attached hydrogens (tertiary/aromatic N) is 5. The van der Waals surface area contributed by atoms with E-state index in [0.29, 0.717) is 28.0 Å². The molecule has 6 rings (SSSR count). The molecule has 10 heteroatoms. The minimum Gasteiger partial charge on any atom is -0.454 e. The maximum Gasteiger partial charge on any atom is 0.234 e. The van der Waals surface area contributed by atoms with Gasteiger partial charge in [0.2, 0.25) is 12.7 Å². The van der Waals surface area contributed by atoms with Crippen LogP contribution in [0.2, 0.25) is 0 Å². The summed E-state index contributed by atoms with van der Waals surface area (Å²) in [6.07, 6.45) is 3.73. The Bertz CT molecular complexity index is 1570. The highest BCUT2D eigenvalue weighted by Crippen LogP contribution is 2.34. The van der Waals surface area contributed by atoms with Gasteiger partial charge < -0.3 is 14.8 Å². The first-order chi connectivity index (χ1) is 16.5. The highest BCUT2D eigenvalue weighted by Gasteiger charge is 2.17. The van der Waals surface area contributed by atoms with Gasteiger partial charge in [-0.2, -0.15) is 5.10 Å². The summed E-state index contributed by atoms with van der Waals surface area (Å²) < 4.78 is 14.3. The number of amides is 1. The van der Waals surface area contributed by atoms with Crippen LogP contribution in [0.5, 0.6) is 11.5 Å². The fourth-order valence-electron chi connectivity index (χ4n) is 3.93. The van der Waals surface area contributed by atoms with Gasteiger partial charge in [-0.1, -0.05) is 29.5 Å². The van der Waals surface area contributed by atoms with Crippen LogP contribution in [0.25, 0.3) is 22.4 Å². The molecular weight excluding hydrogens is 452 g/mol. The van der Waals surface area contributed by atoms with Crippen LogP contribution < -0.4 is 14.8 Å². The Labute approximate surface area is 198 Å². The largest absolute Gasteiger partial charge is 0.454 e. The number of fused-ring (bicyclic) bond motifs is 4. The van der Waals surface area contributed by atoms with Crippen molar-refractivity contribution in [1.82, 2.24) is 24.2 Å². The first-order valence-corrected chi connectivity index (χ1v) is 11.7. The van der Waals surface area contributed by atoms with E-state index < -0.39 is 0 Å². The summed E-state index contributed by atoms with van der Waals surface area (Å²) in [5, 5.41) is 16.9. The van der Waals surface area contributed by atoms with Crippen LogP contribution >= 0.6 is 11.8 Å². The van der Waals surface area contributed by atoms with E-state index >= 15 is 0 Å². The molecule has 4 heterocycles. The van der Waals surface area contributed by atoms with E-state index in [1.54, 1.807) is 18.2 Å². The van der Waals surface area contributed by atoms with Gasteiger partial charge in [0.05, 0.1) is 11.4 Å². The Morgan fingerprint density at radius 3 is 2.85 bits per heavy atom. The van der Waals surface area contributed by atoms with Crippen LogP contribution in [0.3, 0.4) is 0 Å². The predicted molar refractivity (Wildman–Crippen MR) is 129 cm³/mol. The second-order valence-electron chi connectivity index (χ2n) is 8.06. The molecule has 3 aromatic heterocycles. The lowest BCUT2D eigenvalue weighted by Crippen LogP contribution is -2.14. The number of nitrogens with one attached hydrogen (secondary N) is 1. The second-order valence-corrected chi connectivity index (χ2v) is 9.00.